The highest BCUT2D eigenvalue weighted by Gasteiger charge is 2.27. The number of allylic oxidation sites excluding steroid dienone is 1. The van der Waals surface area contributed by atoms with Gasteiger partial charge in [0.25, 0.3) is 5.91 Å². The molecule has 1 aliphatic carbocycles. The van der Waals surface area contributed by atoms with Crippen LogP contribution in [0.5, 0.6) is 5.75 Å². The molecular formula is C20H23N3O3. The molecular weight excluding hydrogens is 330 g/mol. The average Bonchev–Trinajstić information content (AvgIpc) is 3.38. The first kappa shape index (κ1) is 18.0. The molecule has 3 rings (SSSR count). The lowest BCUT2D eigenvalue weighted by molar-refractivity contribution is 0.0937. The monoisotopic (exact) mass is 353 g/mol. The number of carbonyl (C=O) groups excluding carboxylic acids is 1. The molecule has 1 heterocycles. The number of ether oxygens (including phenoxy) is 1. The molecule has 1 aromatic carbocycles. The van der Waals surface area contributed by atoms with E-state index in [2.05, 4.69) is 21.2 Å². The number of amides is 1. The van der Waals surface area contributed by atoms with Crippen molar-refractivity contribution in [2.75, 3.05) is 0 Å². The molecule has 1 saturated carbocycles. The van der Waals surface area contributed by atoms with Crippen LogP contribution in [0.15, 0.2) is 40.8 Å². The lowest BCUT2D eigenvalue weighted by atomic mass is 10.1. The summed E-state index contributed by atoms with van der Waals surface area (Å²) in [5.74, 6) is 1.94. The van der Waals surface area contributed by atoms with Gasteiger partial charge in [0.15, 0.2) is 5.82 Å². The third-order valence-corrected chi connectivity index (χ3v) is 4.15. The molecule has 0 saturated heterocycles. The number of benzene rings is 1. The Labute approximate surface area is 152 Å². The van der Waals surface area contributed by atoms with Crippen LogP contribution in [0.4, 0.5) is 0 Å². The van der Waals surface area contributed by atoms with E-state index in [1.165, 1.54) is 6.26 Å². The zero-order chi connectivity index (χ0) is 18.5. The number of carbonyl (C=O) groups is 1. The first-order valence-electron chi connectivity index (χ1n) is 8.89. The summed E-state index contributed by atoms with van der Waals surface area (Å²) < 4.78 is 10.7. The number of hydrogen-bond acceptors (Lipinski definition) is 5. The number of nitrogens with zero attached hydrogens (tertiary/aromatic N) is 2. The van der Waals surface area contributed by atoms with Crippen LogP contribution in [-0.4, -0.2) is 16.0 Å². The first-order valence-corrected chi connectivity index (χ1v) is 8.89. The van der Waals surface area contributed by atoms with Crippen LogP contribution in [0.25, 0.3) is 0 Å². The van der Waals surface area contributed by atoms with E-state index in [-0.39, 0.29) is 11.9 Å². The zero-order valence-corrected chi connectivity index (χ0v) is 15.3. The van der Waals surface area contributed by atoms with Crippen molar-refractivity contribution in [3.63, 3.8) is 0 Å². The van der Waals surface area contributed by atoms with Crippen LogP contribution >= 0.6 is 0 Å². The molecule has 6 nitrogen and oxygen atoms in total. The minimum atomic E-state index is -0.347. The molecule has 1 aliphatic rings. The molecule has 26 heavy (non-hydrogen) atoms. The second-order valence-corrected chi connectivity index (χ2v) is 6.41. The number of nitrogens with one attached hydrogen (secondary N) is 1. The van der Waals surface area contributed by atoms with Crippen molar-refractivity contribution < 1.29 is 14.1 Å². The summed E-state index contributed by atoms with van der Waals surface area (Å²) in [5, 5.41) is 6.72. The molecule has 1 fully saturated rings. The van der Waals surface area contributed by atoms with E-state index in [1.54, 1.807) is 13.0 Å². The van der Waals surface area contributed by atoms with Crippen LogP contribution in [0.2, 0.25) is 0 Å². The maximum absolute atomic E-state index is 12.6. The van der Waals surface area contributed by atoms with Gasteiger partial charge in [-0.05, 0) is 55.9 Å². The van der Waals surface area contributed by atoms with Gasteiger partial charge in [-0.1, -0.05) is 23.9 Å². The van der Waals surface area contributed by atoms with Crippen LogP contribution in [-0.2, 0) is 0 Å². The molecule has 1 unspecified atom stereocenters. The Morgan fingerprint density at radius 2 is 2.31 bits per heavy atom. The fraction of sp³-hybridized carbons (Fsp3) is 0.400. The van der Waals surface area contributed by atoms with Crippen molar-refractivity contribution in [1.29, 1.82) is 0 Å². The smallest absolute Gasteiger partial charge is 0.251 e. The summed E-state index contributed by atoms with van der Waals surface area (Å²) in [4.78, 5) is 16.7. The van der Waals surface area contributed by atoms with E-state index in [0.29, 0.717) is 28.9 Å². The lowest BCUT2D eigenvalue weighted by Gasteiger charge is -2.12. The summed E-state index contributed by atoms with van der Waals surface area (Å²) in [6.45, 7) is 5.57. The Balaban J connectivity index is 1.76. The van der Waals surface area contributed by atoms with E-state index in [4.69, 9.17) is 9.26 Å². The average molecular weight is 353 g/mol. The summed E-state index contributed by atoms with van der Waals surface area (Å²) in [7, 11) is 0. The summed E-state index contributed by atoms with van der Waals surface area (Å²) in [6.07, 6.45) is 6.64. The molecule has 6 heteroatoms. The largest absolute Gasteiger partial charge is 0.456 e. The fourth-order valence-electron chi connectivity index (χ4n) is 2.61. The van der Waals surface area contributed by atoms with Gasteiger partial charge in [0.05, 0.1) is 6.04 Å². The third kappa shape index (κ3) is 4.41. The third-order valence-electron chi connectivity index (χ3n) is 4.15. The van der Waals surface area contributed by atoms with Gasteiger partial charge in [0.2, 0.25) is 5.89 Å². The number of hydrogen-bond donors (Lipinski definition) is 1. The quantitative estimate of drug-likeness (QED) is 0.596. The molecule has 0 bridgehead atoms. The maximum atomic E-state index is 12.6. The molecule has 1 aromatic heterocycles. The SMILES string of the molecule is CCC=C=COc1cc(C(=O)NC(C)c2noc(C)n2)ccc1C1CC1. The second-order valence-electron chi connectivity index (χ2n) is 6.41. The second kappa shape index (κ2) is 8.02. The van der Waals surface area contributed by atoms with Gasteiger partial charge in [-0.2, -0.15) is 4.98 Å². The van der Waals surface area contributed by atoms with Gasteiger partial charge in [-0.3, -0.25) is 4.79 Å². The molecule has 0 radical (unpaired) electrons. The van der Waals surface area contributed by atoms with Crippen LogP contribution in [0, 0.1) is 6.92 Å². The standard InChI is InChI=1S/C20H23N3O3/c1-4-5-6-11-25-18-12-16(9-10-17(18)15-7-8-15)20(24)21-13(2)19-22-14(3)26-23-19/h5,9-13,15H,4,7-8H2,1-3H3,(H,21,24). The fourth-order valence-corrected chi connectivity index (χ4v) is 2.61. The highest BCUT2D eigenvalue weighted by molar-refractivity contribution is 5.95. The van der Waals surface area contributed by atoms with Crippen LogP contribution in [0.3, 0.4) is 0 Å². The van der Waals surface area contributed by atoms with Gasteiger partial charge in [-0.25, -0.2) is 0 Å². The van der Waals surface area contributed by atoms with Gasteiger partial charge < -0.3 is 14.6 Å². The molecule has 1 amide bonds. The van der Waals surface area contributed by atoms with Crippen LogP contribution in [0.1, 0.15) is 72.7 Å². The number of rotatable bonds is 7. The van der Waals surface area contributed by atoms with Gasteiger partial charge in [0, 0.05) is 12.5 Å². The van der Waals surface area contributed by atoms with E-state index in [1.807, 2.05) is 32.1 Å². The molecule has 1 atom stereocenters. The van der Waals surface area contributed by atoms with Crippen LogP contribution < -0.4 is 10.1 Å². The molecule has 2 aromatic rings. The molecule has 1 N–H and O–H groups in total. The van der Waals surface area contributed by atoms with E-state index >= 15 is 0 Å². The number of aromatic nitrogens is 2. The summed E-state index contributed by atoms with van der Waals surface area (Å²) in [6, 6.07) is 5.24. The van der Waals surface area contributed by atoms with Gasteiger partial charge >= 0.3 is 0 Å². The van der Waals surface area contributed by atoms with Crippen molar-refractivity contribution in [3.05, 3.63) is 59.1 Å². The minimum absolute atomic E-state index is 0.208. The molecule has 0 spiro atoms. The predicted molar refractivity (Wildman–Crippen MR) is 96.9 cm³/mol. The molecule has 136 valence electrons. The van der Waals surface area contributed by atoms with Crippen molar-refractivity contribution in [1.82, 2.24) is 15.5 Å². The normalized spacial score (nSPS) is 14.3. The topological polar surface area (TPSA) is 77.2 Å². The Bertz CT molecular complexity index is 846. The van der Waals surface area contributed by atoms with E-state index in [9.17, 15) is 4.79 Å². The number of aryl methyl sites for hydroxylation is 1. The Kier molecular flexibility index (Phi) is 5.54. The van der Waals surface area contributed by atoms with Gasteiger partial charge in [-0.15, -0.1) is 0 Å². The van der Waals surface area contributed by atoms with E-state index < -0.39 is 0 Å². The van der Waals surface area contributed by atoms with Crippen molar-refractivity contribution in [2.45, 2.75) is 52.0 Å². The minimum Gasteiger partial charge on any atom is -0.456 e. The predicted octanol–water partition coefficient (Wildman–Crippen LogP) is 4.20. The lowest BCUT2D eigenvalue weighted by Crippen LogP contribution is -2.27. The van der Waals surface area contributed by atoms with E-state index in [0.717, 1.165) is 24.8 Å². The summed E-state index contributed by atoms with van der Waals surface area (Å²) >= 11 is 0. The Morgan fingerprint density at radius 3 is 2.96 bits per heavy atom. The van der Waals surface area contributed by atoms with Crippen molar-refractivity contribution in [3.8, 4) is 5.75 Å². The van der Waals surface area contributed by atoms with Gasteiger partial charge in [0.1, 0.15) is 12.0 Å². The highest BCUT2D eigenvalue weighted by atomic mass is 16.5. The van der Waals surface area contributed by atoms with Crippen molar-refractivity contribution >= 4 is 5.91 Å². The van der Waals surface area contributed by atoms with Crippen molar-refractivity contribution in [2.24, 2.45) is 0 Å². The highest BCUT2D eigenvalue weighted by Crippen LogP contribution is 2.44. The Morgan fingerprint density at radius 1 is 1.50 bits per heavy atom. The molecule has 0 aliphatic heterocycles. The maximum Gasteiger partial charge on any atom is 0.251 e. The summed E-state index contributed by atoms with van der Waals surface area (Å²) in [5.41, 5.74) is 4.64. The zero-order valence-electron chi connectivity index (χ0n) is 15.3. The Hall–Kier alpha value is -2.85. The first-order chi connectivity index (χ1) is 12.6.